The van der Waals surface area contributed by atoms with Crippen LogP contribution in [0.3, 0.4) is 0 Å². The number of hydrogen-bond acceptors (Lipinski definition) is 2. The first-order valence-corrected chi connectivity index (χ1v) is 3.88. The zero-order valence-corrected chi connectivity index (χ0v) is 8.76. The molecule has 0 unspecified atom stereocenters. The fourth-order valence-electron chi connectivity index (χ4n) is 0.609. The fourth-order valence-corrected chi connectivity index (χ4v) is 0.609. The average molecular weight is 203 g/mol. The second-order valence-corrected chi connectivity index (χ2v) is 2.20. The molecule has 0 fully saturated rings. The van der Waals surface area contributed by atoms with Crippen molar-refractivity contribution in [3.05, 3.63) is 36.6 Å². The Morgan fingerprint density at radius 1 is 1.54 bits per heavy atom. The van der Waals surface area contributed by atoms with Gasteiger partial charge >= 0.3 is 5.97 Å². The van der Waals surface area contributed by atoms with Crippen LogP contribution in [0.4, 0.5) is 0 Å². The molecule has 0 bridgehead atoms. The van der Waals surface area contributed by atoms with Gasteiger partial charge in [0.15, 0.2) is 0 Å². The monoisotopic (exact) mass is 202 g/mol. The van der Waals surface area contributed by atoms with E-state index in [2.05, 4.69) is 6.58 Å². The van der Waals surface area contributed by atoms with E-state index in [4.69, 9.17) is 4.74 Å². The molecule has 0 aromatic heterocycles. The molecule has 0 heterocycles. The van der Waals surface area contributed by atoms with Crippen molar-refractivity contribution >= 4 is 18.4 Å². The van der Waals surface area contributed by atoms with Gasteiger partial charge in [0.1, 0.15) is 5.76 Å². The molecule has 0 spiro atoms. The number of carbonyl (C=O) groups is 1. The van der Waals surface area contributed by atoms with Crippen LogP contribution in [-0.4, -0.2) is 5.97 Å². The highest BCUT2D eigenvalue weighted by atomic mass is 35.5. The summed E-state index contributed by atoms with van der Waals surface area (Å²) in [7, 11) is 0. The molecule has 0 rings (SSSR count). The normalized spacial score (nSPS) is 10.8. The van der Waals surface area contributed by atoms with Gasteiger partial charge in [0, 0.05) is 6.92 Å². The third kappa shape index (κ3) is 8.89. The van der Waals surface area contributed by atoms with Crippen LogP contribution in [0, 0.1) is 0 Å². The third-order valence-electron chi connectivity index (χ3n) is 1.10. The second-order valence-electron chi connectivity index (χ2n) is 2.20. The predicted molar refractivity (Wildman–Crippen MR) is 56.7 cm³/mol. The Balaban J connectivity index is 0. The number of hydrogen-bond donors (Lipinski definition) is 0. The van der Waals surface area contributed by atoms with Crippen molar-refractivity contribution in [1.82, 2.24) is 0 Å². The van der Waals surface area contributed by atoms with E-state index in [1.165, 1.54) is 13.0 Å². The quantitative estimate of drug-likeness (QED) is 0.398. The van der Waals surface area contributed by atoms with Crippen molar-refractivity contribution in [2.75, 3.05) is 0 Å². The van der Waals surface area contributed by atoms with Gasteiger partial charge in [-0.15, -0.1) is 12.4 Å². The van der Waals surface area contributed by atoms with Crippen LogP contribution in [0.2, 0.25) is 0 Å². The van der Waals surface area contributed by atoms with Crippen molar-refractivity contribution in [3.8, 4) is 0 Å². The molecule has 0 atom stereocenters. The minimum atomic E-state index is -0.328. The molecule has 0 aliphatic rings. The molecular formula is C10H15ClO2. The Labute approximate surface area is 85.4 Å². The first kappa shape index (κ1) is 14.5. The van der Waals surface area contributed by atoms with E-state index in [1.807, 2.05) is 19.1 Å². The maximum Gasteiger partial charge on any atom is 0.308 e. The van der Waals surface area contributed by atoms with E-state index in [9.17, 15) is 4.79 Å². The largest absolute Gasteiger partial charge is 0.427 e. The number of halogens is 1. The summed E-state index contributed by atoms with van der Waals surface area (Å²) >= 11 is 0. The zero-order valence-electron chi connectivity index (χ0n) is 7.95. The first-order chi connectivity index (χ1) is 5.70. The highest BCUT2D eigenvalue weighted by Gasteiger charge is 1.93. The van der Waals surface area contributed by atoms with Gasteiger partial charge in [-0.2, -0.15) is 0 Å². The van der Waals surface area contributed by atoms with Crippen LogP contribution >= 0.6 is 12.4 Å². The van der Waals surface area contributed by atoms with Gasteiger partial charge < -0.3 is 4.74 Å². The number of esters is 1. The molecule has 0 aliphatic carbocycles. The van der Waals surface area contributed by atoms with Crippen LogP contribution in [-0.2, 0) is 9.53 Å². The number of ether oxygens (including phenoxy) is 1. The maximum absolute atomic E-state index is 10.5. The summed E-state index contributed by atoms with van der Waals surface area (Å²) in [6.07, 6.45) is 7.97. The summed E-state index contributed by atoms with van der Waals surface area (Å²) in [5, 5.41) is 0. The Bertz CT molecular complexity index is 217. The van der Waals surface area contributed by atoms with E-state index in [0.29, 0.717) is 5.76 Å². The van der Waals surface area contributed by atoms with Gasteiger partial charge in [-0.25, -0.2) is 0 Å². The maximum atomic E-state index is 10.5. The second kappa shape index (κ2) is 9.07. The molecular weight excluding hydrogens is 188 g/mol. The molecule has 74 valence electrons. The van der Waals surface area contributed by atoms with E-state index >= 15 is 0 Å². The summed E-state index contributed by atoms with van der Waals surface area (Å²) in [6.45, 7) is 6.91. The van der Waals surface area contributed by atoms with Gasteiger partial charge in [0.2, 0.25) is 0 Å². The molecule has 0 aromatic carbocycles. The molecule has 3 heteroatoms. The lowest BCUT2D eigenvalue weighted by Crippen LogP contribution is -1.95. The summed E-state index contributed by atoms with van der Waals surface area (Å²) < 4.78 is 4.80. The van der Waals surface area contributed by atoms with E-state index < -0.39 is 0 Å². The Kier molecular flexibility index (Phi) is 10.1. The number of rotatable bonds is 4. The standard InChI is InChI=1S/C10H14O2.ClH/c1-4-6-7-8-10(5-2)12-9(3)11;/h5-8H,2,4H2,1,3H3;1H. The highest BCUT2D eigenvalue weighted by Crippen LogP contribution is 1.99. The highest BCUT2D eigenvalue weighted by molar-refractivity contribution is 5.85. The topological polar surface area (TPSA) is 26.3 Å². The van der Waals surface area contributed by atoms with E-state index in [1.54, 1.807) is 6.08 Å². The van der Waals surface area contributed by atoms with Crippen LogP contribution in [0.1, 0.15) is 20.3 Å². The fraction of sp³-hybridized carbons (Fsp3) is 0.300. The van der Waals surface area contributed by atoms with E-state index in [-0.39, 0.29) is 18.4 Å². The number of carbonyl (C=O) groups excluding carboxylic acids is 1. The van der Waals surface area contributed by atoms with Crippen LogP contribution in [0.15, 0.2) is 36.6 Å². The summed E-state index contributed by atoms with van der Waals surface area (Å²) in [6, 6.07) is 0. The summed E-state index contributed by atoms with van der Waals surface area (Å²) in [5.74, 6) is 0.151. The summed E-state index contributed by atoms with van der Waals surface area (Å²) in [5.41, 5.74) is 0. The Morgan fingerprint density at radius 3 is 2.54 bits per heavy atom. The minimum Gasteiger partial charge on any atom is -0.427 e. The molecule has 0 saturated carbocycles. The van der Waals surface area contributed by atoms with Gasteiger partial charge in [-0.1, -0.05) is 25.7 Å². The third-order valence-corrected chi connectivity index (χ3v) is 1.10. The van der Waals surface area contributed by atoms with Crippen molar-refractivity contribution in [2.24, 2.45) is 0 Å². The molecule has 13 heavy (non-hydrogen) atoms. The molecule has 0 N–H and O–H groups in total. The number of allylic oxidation sites excluding steroid dienone is 4. The van der Waals surface area contributed by atoms with Crippen molar-refractivity contribution in [1.29, 1.82) is 0 Å². The van der Waals surface area contributed by atoms with Crippen molar-refractivity contribution < 1.29 is 9.53 Å². The van der Waals surface area contributed by atoms with Crippen LogP contribution in [0.25, 0.3) is 0 Å². The molecule has 0 aromatic rings. The molecule has 0 amide bonds. The zero-order chi connectivity index (χ0) is 9.40. The molecule has 0 saturated heterocycles. The van der Waals surface area contributed by atoms with Crippen LogP contribution < -0.4 is 0 Å². The Morgan fingerprint density at radius 2 is 2.15 bits per heavy atom. The smallest absolute Gasteiger partial charge is 0.308 e. The molecule has 2 nitrogen and oxygen atoms in total. The SMILES string of the molecule is C=CC(=CC=CCC)OC(C)=O.Cl. The predicted octanol–water partition coefficient (Wildman–Crippen LogP) is 3.01. The molecule has 0 aliphatic heterocycles. The lowest BCUT2D eigenvalue weighted by atomic mass is 10.3. The minimum absolute atomic E-state index is 0. The van der Waals surface area contributed by atoms with Gasteiger partial charge in [0.05, 0.1) is 0 Å². The lowest BCUT2D eigenvalue weighted by Gasteiger charge is -1.98. The first-order valence-electron chi connectivity index (χ1n) is 3.88. The van der Waals surface area contributed by atoms with E-state index in [0.717, 1.165) is 6.42 Å². The average Bonchev–Trinajstić information content (AvgIpc) is 2.02. The van der Waals surface area contributed by atoms with Crippen molar-refractivity contribution in [2.45, 2.75) is 20.3 Å². The van der Waals surface area contributed by atoms with Gasteiger partial charge in [-0.3, -0.25) is 4.79 Å². The Hall–Kier alpha value is -1.02. The lowest BCUT2D eigenvalue weighted by molar-refractivity contribution is -0.136. The van der Waals surface area contributed by atoms with Gasteiger partial charge in [0.25, 0.3) is 0 Å². The summed E-state index contributed by atoms with van der Waals surface area (Å²) in [4.78, 5) is 10.5. The van der Waals surface area contributed by atoms with Gasteiger partial charge in [-0.05, 0) is 18.6 Å². The van der Waals surface area contributed by atoms with Crippen LogP contribution in [0.5, 0.6) is 0 Å². The molecule has 0 radical (unpaired) electrons. The van der Waals surface area contributed by atoms with Crippen molar-refractivity contribution in [3.63, 3.8) is 0 Å².